The molecule has 8 heteroatoms. The van der Waals surface area contributed by atoms with Gasteiger partial charge in [0.15, 0.2) is 11.8 Å². The summed E-state index contributed by atoms with van der Waals surface area (Å²) >= 11 is 0. The third kappa shape index (κ3) is 7.98. The molecule has 0 saturated heterocycles. The lowest BCUT2D eigenvalue weighted by atomic mass is 9.76. The number of nitrogens with zero attached hydrogens (tertiary/aromatic N) is 2. The molecule has 0 unspecified atom stereocenters. The standard InChI is InChI=1S/C48H58N2O6/c1-9-48(10-2)45-49-41(29-55-45)35-13-17-39(18-14-35)51-21-11-23-53-43-31(3)25-37(26-32(43)4)47(7,8)38-27-33(5)44(34(6)28-38)54-24-12-22-52-40-19-15-36(16-20-40)42-30-56-46(48)50-42/h13-20,25-28,41-42H,9-12,21-24,29-30H2,1-8H3/t41-,42-/m0/s1. The maximum Gasteiger partial charge on any atom is 0.199 e. The maximum atomic E-state index is 6.34. The van der Waals surface area contributed by atoms with E-state index in [1.165, 1.54) is 11.1 Å². The quantitative estimate of drug-likeness (QED) is 0.203. The van der Waals surface area contributed by atoms with Crippen LogP contribution in [0.3, 0.4) is 0 Å². The predicted molar refractivity (Wildman–Crippen MR) is 223 cm³/mol. The third-order valence-corrected chi connectivity index (χ3v) is 11.8. The van der Waals surface area contributed by atoms with Gasteiger partial charge in [-0.15, -0.1) is 0 Å². The second-order valence-corrected chi connectivity index (χ2v) is 16.1. The van der Waals surface area contributed by atoms with Crippen LogP contribution in [0.5, 0.6) is 23.0 Å². The predicted octanol–water partition coefficient (Wildman–Crippen LogP) is 10.7. The molecule has 12 bridgehead atoms. The highest BCUT2D eigenvalue weighted by Crippen LogP contribution is 2.42. The summed E-state index contributed by atoms with van der Waals surface area (Å²) in [6, 6.07) is 25.3. The molecule has 0 saturated carbocycles. The topological polar surface area (TPSA) is 80.1 Å². The van der Waals surface area contributed by atoms with Gasteiger partial charge in [-0.25, -0.2) is 9.98 Å². The van der Waals surface area contributed by atoms with Crippen molar-refractivity contribution in [3.63, 3.8) is 0 Å². The molecular formula is C48H58N2O6. The van der Waals surface area contributed by atoms with Gasteiger partial charge >= 0.3 is 0 Å². The minimum Gasteiger partial charge on any atom is -0.493 e. The fourth-order valence-corrected chi connectivity index (χ4v) is 8.22. The van der Waals surface area contributed by atoms with Gasteiger partial charge in [0, 0.05) is 18.3 Å². The number of aryl methyl sites for hydroxylation is 4. The second kappa shape index (κ2) is 16.6. The van der Waals surface area contributed by atoms with Crippen LogP contribution >= 0.6 is 0 Å². The van der Waals surface area contributed by atoms with Crippen LogP contribution in [0.25, 0.3) is 0 Å². The lowest BCUT2D eigenvalue weighted by molar-refractivity contribution is 0.243. The summed E-state index contributed by atoms with van der Waals surface area (Å²) in [4.78, 5) is 10.2. The van der Waals surface area contributed by atoms with Gasteiger partial charge in [0.1, 0.15) is 53.7 Å². The minimum absolute atomic E-state index is 0.0956. The summed E-state index contributed by atoms with van der Waals surface area (Å²) in [6.45, 7) is 20.7. The van der Waals surface area contributed by atoms with Crippen molar-refractivity contribution in [2.45, 2.75) is 98.6 Å². The van der Waals surface area contributed by atoms with Crippen LogP contribution in [-0.4, -0.2) is 51.4 Å². The van der Waals surface area contributed by atoms with Crippen LogP contribution in [0.2, 0.25) is 0 Å². The Bertz CT molecular complexity index is 1870. The summed E-state index contributed by atoms with van der Waals surface area (Å²) in [6.07, 6.45) is 3.10. The van der Waals surface area contributed by atoms with Gasteiger partial charge in [-0.3, -0.25) is 0 Å². The smallest absolute Gasteiger partial charge is 0.199 e. The van der Waals surface area contributed by atoms with E-state index >= 15 is 0 Å². The first kappa shape index (κ1) is 39.3. The molecule has 4 aromatic carbocycles. The lowest BCUT2D eigenvalue weighted by Crippen LogP contribution is -2.39. The van der Waals surface area contributed by atoms with Crippen molar-refractivity contribution < 1.29 is 28.4 Å². The van der Waals surface area contributed by atoms with Gasteiger partial charge in [-0.1, -0.05) is 76.2 Å². The van der Waals surface area contributed by atoms with E-state index < -0.39 is 5.41 Å². The van der Waals surface area contributed by atoms with Crippen LogP contribution in [0.4, 0.5) is 0 Å². The zero-order chi connectivity index (χ0) is 39.5. The average Bonchev–Trinajstić information content (AvgIpc) is 3.89. The van der Waals surface area contributed by atoms with E-state index in [2.05, 4.69) is 104 Å². The van der Waals surface area contributed by atoms with Crippen LogP contribution in [0, 0.1) is 33.1 Å². The molecule has 0 fully saturated rings. The van der Waals surface area contributed by atoms with E-state index in [-0.39, 0.29) is 17.5 Å². The Kier molecular flexibility index (Phi) is 11.7. The first-order chi connectivity index (χ1) is 27.0. The highest BCUT2D eigenvalue weighted by molar-refractivity contribution is 6.06. The molecule has 2 atom stereocenters. The average molecular weight is 759 g/mol. The van der Waals surface area contributed by atoms with Gasteiger partial charge < -0.3 is 28.4 Å². The highest BCUT2D eigenvalue weighted by Gasteiger charge is 2.46. The Labute approximate surface area is 333 Å². The van der Waals surface area contributed by atoms with Crippen molar-refractivity contribution in [2.24, 2.45) is 15.4 Å². The number of hydrogen-bond acceptors (Lipinski definition) is 8. The highest BCUT2D eigenvalue weighted by atomic mass is 16.5. The molecule has 0 radical (unpaired) electrons. The number of rotatable bonds is 2. The fraction of sp³-hybridized carbons (Fsp3) is 0.458. The largest absolute Gasteiger partial charge is 0.493 e. The summed E-state index contributed by atoms with van der Waals surface area (Å²) in [5.74, 6) is 4.97. The molecule has 8 nitrogen and oxygen atoms in total. The monoisotopic (exact) mass is 758 g/mol. The van der Waals surface area contributed by atoms with Crippen LogP contribution < -0.4 is 18.9 Å². The Balaban J connectivity index is 1.12. The first-order valence-corrected chi connectivity index (χ1v) is 20.4. The minimum atomic E-state index is -0.508. The molecule has 0 amide bonds. The van der Waals surface area contributed by atoms with E-state index in [0.29, 0.717) is 51.4 Å². The molecule has 0 N–H and O–H groups in total. The molecule has 56 heavy (non-hydrogen) atoms. The zero-order valence-corrected chi connectivity index (χ0v) is 34.5. The second-order valence-electron chi connectivity index (χ2n) is 16.1. The molecule has 11 rings (SSSR count). The van der Waals surface area contributed by atoms with Crippen molar-refractivity contribution in [3.05, 3.63) is 117 Å². The van der Waals surface area contributed by atoms with Crippen molar-refractivity contribution in [2.75, 3.05) is 39.6 Å². The number of ether oxygens (including phenoxy) is 6. The summed E-state index contributed by atoms with van der Waals surface area (Å²) < 4.78 is 37.6. The Morgan fingerprint density at radius 3 is 1.23 bits per heavy atom. The van der Waals surface area contributed by atoms with Crippen LogP contribution in [0.1, 0.15) is 110 Å². The van der Waals surface area contributed by atoms with E-state index in [1.807, 2.05) is 24.3 Å². The maximum absolute atomic E-state index is 6.34. The van der Waals surface area contributed by atoms with Gasteiger partial charge in [0.25, 0.3) is 0 Å². The molecule has 0 spiro atoms. The van der Waals surface area contributed by atoms with Crippen molar-refractivity contribution in [3.8, 4) is 23.0 Å². The van der Waals surface area contributed by atoms with E-state index in [0.717, 1.165) is 82.1 Å². The van der Waals surface area contributed by atoms with Crippen molar-refractivity contribution >= 4 is 11.8 Å². The number of hydrogen-bond donors (Lipinski definition) is 0. The van der Waals surface area contributed by atoms with Gasteiger partial charge in [-0.05, 0) is 109 Å². The molecule has 296 valence electrons. The van der Waals surface area contributed by atoms with Crippen LogP contribution in [-0.2, 0) is 14.9 Å². The van der Waals surface area contributed by atoms with Gasteiger partial charge in [0.2, 0.25) is 0 Å². The van der Waals surface area contributed by atoms with Gasteiger partial charge in [0.05, 0.1) is 26.4 Å². The van der Waals surface area contributed by atoms with E-state index in [4.69, 9.17) is 38.4 Å². The fourth-order valence-electron chi connectivity index (χ4n) is 8.22. The molecule has 7 aliphatic rings. The summed E-state index contributed by atoms with van der Waals surface area (Å²) in [5.41, 5.74) is 8.54. The molecule has 0 aliphatic carbocycles. The lowest BCUT2D eigenvalue weighted by Gasteiger charge is -2.29. The van der Waals surface area contributed by atoms with E-state index in [1.54, 1.807) is 0 Å². The SMILES string of the molecule is CCC1(CC)C2=N[C@@H](CO2)c2ccc(cc2)OCCCOc2c(C)cc(cc2C)C(C)(C)c2cc(C)c(c(C)c2)OCCCOc2ccc(cc2)[C@@H]2COC1=N2. The van der Waals surface area contributed by atoms with Crippen LogP contribution in [0.15, 0.2) is 82.8 Å². The van der Waals surface area contributed by atoms with E-state index in [9.17, 15) is 0 Å². The third-order valence-electron chi connectivity index (χ3n) is 11.8. The summed E-state index contributed by atoms with van der Waals surface area (Å²) in [7, 11) is 0. The Hall–Kier alpha value is -4.98. The number of aliphatic imine (C=N–C) groups is 2. The van der Waals surface area contributed by atoms with Gasteiger partial charge in [-0.2, -0.15) is 0 Å². The molecule has 4 aromatic rings. The zero-order valence-electron chi connectivity index (χ0n) is 34.5. The Morgan fingerprint density at radius 2 is 0.875 bits per heavy atom. The van der Waals surface area contributed by atoms with Crippen molar-refractivity contribution in [1.82, 2.24) is 0 Å². The number of benzene rings is 4. The number of fused-ring (bicyclic) bond motifs is 4. The van der Waals surface area contributed by atoms with Crippen molar-refractivity contribution in [1.29, 1.82) is 0 Å². The summed E-state index contributed by atoms with van der Waals surface area (Å²) in [5, 5.41) is 0. The molecule has 0 aromatic heterocycles. The normalized spacial score (nSPS) is 20.7. The molecular weight excluding hydrogens is 701 g/mol. The Morgan fingerprint density at radius 1 is 0.518 bits per heavy atom. The molecule has 7 aliphatic heterocycles. The first-order valence-electron chi connectivity index (χ1n) is 20.4. The molecule has 7 heterocycles.